The van der Waals surface area contributed by atoms with Gasteiger partial charge in [0.1, 0.15) is 5.82 Å². The van der Waals surface area contributed by atoms with E-state index in [2.05, 4.69) is 41.6 Å². The third kappa shape index (κ3) is 3.00. The Morgan fingerprint density at radius 3 is 2.39 bits per heavy atom. The first-order valence-corrected chi connectivity index (χ1v) is 6.67. The van der Waals surface area contributed by atoms with E-state index in [1.165, 1.54) is 0 Å². The van der Waals surface area contributed by atoms with E-state index >= 15 is 0 Å². The lowest BCUT2D eigenvalue weighted by atomic mass is 10.1. The normalized spacial score (nSPS) is 18.1. The molecule has 0 saturated carbocycles. The highest BCUT2D eigenvalue weighted by molar-refractivity contribution is 5.39. The molecule has 0 aromatic carbocycles. The number of anilines is 1. The summed E-state index contributed by atoms with van der Waals surface area (Å²) in [6, 6.07) is 6.10. The van der Waals surface area contributed by atoms with Crippen LogP contribution in [-0.4, -0.2) is 41.6 Å². The molecule has 0 amide bonds. The molecule has 1 aliphatic rings. The Bertz CT molecular complexity index is 389. The molecule has 1 aromatic heterocycles. The highest BCUT2D eigenvalue weighted by Gasteiger charge is 2.26. The van der Waals surface area contributed by atoms with Gasteiger partial charge in [0.25, 0.3) is 0 Å². The van der Waals surface area contributed by atoms with Crippen molar-refractivity contribution in [3.63, 3.8) is 0 Å². The topological polar surface area (TPSA) is 45.4 Å². The molecule has 0 bridgehead atoms. The Balaban J connectivity index is 2.01. The predicted molar refractivity (Wildman–Crippen MR) is 75.7 cm³/mol. The summed E-state index contributed by atoms with van der Waals surface area (Å²) in [6.45, 7) is 11.6. The van der Waals surface area contributed by atoms with E-state index in [1.807, 2.05) is 12.1 Å². The van der Waals surface area contributed by atoms with E-state index in [1.54, 1.807) is 0 Å². The molecule has 4 nitrogen and oxygen atoms in total. The van der Waals surface area contributed by atoms with Crippen LogP contribution in [0.1, 0.15) is 26.5 Å². The molecule has 4 heteroatoms. The molecule has 1 aliphatic heterocycles. The maximum atomic E-state index is 5.64. The second-order valence-electron chi connectivity index (χ2n) is 5.84. The van der Waals surface area contributed by atoms with Crippen LogP contribution in [0.4, 0.5) is 5.82 Å². The van der Waals surface area contributed by atoms with Crippen LogP contribution in [0.15, 0.2) is 18.2 Å². The Kier molecular flexibility index (Phi) is 3.88. The van der Waals surface area contributed by atoms with Gasteiger partial charge >= 0.3 is 0 Å². The van der Waals surface area contributed by atoms with Crippen LogP contribution in [0.2, 0.25) is 0 Å². The summed E-state index contributed by atoms with van der Waals surface area (Å²) in [7, 11) is 0. The molecule has 1 aromatic rings. The Morgan fingerprint density at radius 1 is 1.17 bits per heavy atom. The number of hydrogen-bond donors (Lipinski definition) is 1. The number of nitrogens with zero attached hydrogens (tertiary/aromatic N) is 3. The molecule has 2 heterocycles. The minimum Gasteiger partial charge on any atom is -0.354 e. The molecular weight excluding hydrogens is 224 g/mol. The zero-order valence-corrected chi connectivity index (χ0v) is 11.7. The fourth-order valence-electron chi connectivity index (χ4n) is 2.36. The van der Waals surface area contributed by atoms with Crippen molar-refractivity contribution in [1.82, 2.24) is 9.88 Å². The molecule has 2 rings (SSSR count). The first-order valence-electron chi connectivity index (χ1n) is 6.67. The number of pyridine rings is 1. The molecular formula is C14H24N4. The Hall–Kier alpha value is -1.13. The Morgan fingerprint density at radius 2 is 1.83 bits per heavy atom. The number of piperazine rings is 1. The summed E-state index contributed by atoms with van der Waals surface area (Å²) in [6.07, 6.45) is 0. The fraction of sp³-hybridized carbons (Fsp3) is 0.643. The molecule has 0 spiro atoms. The molecule has 0 radical (unpaired) electrons. The molecule has 18 heavy (non-hydrogen) atoms. The second-order valence-corrected chi connectivity index (χ2v) is 5.84. The maximum Gasteiger partial charge on any atom is 0.128 e. The van der Waals surface area contributed by atoms with Crippen molar-refractivity contribution in [2.75, 3.05) is 31.1 Å². The van der Waals surface area contributed by atoms with Crippen molar-refractivity contribution in [2.24, 2.45) is 5.73 Å². The van der Waals surface area contributed by atoms with E-state index in [4.69, 9.17) is 5.73 Å². The maximum absolute atomic E-state index is 5.64. The van der Waals surface area contributed by atoms with E-state index in [-0.39, 0.29) is 5.54 Å². The van der Waals surface area contributed by atoms with Crippen molar-refractivity contribution in [3.8, 4) is 0 Å². The summed E-state index contributed by atoms with van der Waals surface area (Å²) in [5.74, 6) is 1.06. The molecule has 0 unspecified atom stereocenters. The van der Waals surface area contributed by atoms with Crippen LogP contribution in [0.3, 0.4) is 0 Å². The van der Waals surface area contributed by atoms with Crippen molar-refractivity contribution in [1.29, 1.82) is 0 Å². The minimum atomic E-state index is 0.263. The zero-order chi connectivity index (χ0) is 13.2. The summed E-state index contributed by atoms with van der Waals surface area (Å²) in [5.41, 5.74) is 6.86. The van der Waals surface area contributed by atoms with Gasteiger partial charge in [-0.05, 0) is 32.9 Å². The van der Waals surface area contributed by atoms with Crippen molar-refractivity contribution >= 4 is 5.82 Å². The molecule has 2 N–H and O–H groups in total. The minimum absolute atomic E-state index is 0.263. The Labute approximate surface area is 110 Å². The first-order chi connectivity index (χ1) is 8.50. The van der Waals surface area contributed by atoms with E-state index in [0.29, 0.717) is 6.54 Å². The summed E-state index contributed by atoms with van der Waals surface area (Å²) >= 11 is 0. The van der Waals surface area contributed by atoms with Gasteiger partial charge in [-0.25, -0.2) is 4.98 Å². The third-order valence-corrected chi connectivity index (χ3v) is 3.55. The van der Waals surface area contributed by atoms with Crippen LogP contribution in [0.25, 0.3) is 0 Å². The van der Waals surface area contributed by atoms with Gasteiger partial charge in [0.05, 0.1) is 5.69 Å². The smallest absolute Gasteiger partial charge is 0.128 e. The first kappa shape index (κ1) is 13.3. The van der Waals surface area contributed by atoms with Gasteiger partial charge in [-0.2, -0.15) is 0 Å². The highest BCUT2D eigenvalue weighted by atomic mass is 15.3. The molecule has 1 saturated heterocycles. The van der Waals surface area contributed by atoms with Crippen molar-refractivity contribution in [3.05, 3.63) is 23.9 Å². The molecule has 0 atom stereocenters. The van der Waals surface area contributed by atoms with E-state index < -0.39 is 0 Å². The number of nitrogens with two attached hydrogens (primary N) is 1. The van der Waals surface area contributed by atoms with E-state index in [9.17, 15) is 0 Å². The lowest BCUT2D eigenvalue weighted by Gasteiger charge is -2.42. The zero-order valence-electron chi connectivity index (χ0n) is 11.7. The largest absolute Gasteiger partial charge is 0.354 e. The second kappa shape index (κ2) is 5.24. The summed E-state index contributed by atoms with van der Waals surface area (Å²) in [4.78, 5) is 9.46. The van der Waals surface area contributed by atoms with Gasteiger partial charge < -0.3 is 10.6 Å². The van der Waals surface area contributed by atoms with Gasteiger partial charge in [-0.3, -0.25) is 4.90 Å². The standard InChI is InChI=1S/C14H24N4/c1-14(2,3)18-9-7-17(8-10-18)13-6-4-5-12(11-15)16-13/h4-6H,7-11,15H2,1-3H3. The van der Waals surface area contributed by atoms with Gasteiger partial charge in [0.2, 0.25) is 0 Å². The van der Waals surface area contributed by atoms with Crippen LogP contribution >= 0.6 is 0 Å². The van der Waals surface area contributed by atoms with Crippen molar-refractivity contribution < 1.29 is 0 Å². The summed E-state index contributed by atoms with van der Waals surface area (Å²) < 4.78 is 0. The van der Waals surface area contributed by atoms with E-state index in [0.717, 1.165) is 37.7 Å². The van der Waals surface area contributed by atoms with Gasteiger partial charge in [0, 0.05) is 38.3 Å². The molecule has 0 aliphatic carbocycles. The van der Waals surface area contributed by atoms with Crippen LogP contribution in [0.5, 0.6) is 0 Å². The monoisotopic (exact) mass is 248 g/mol. The highest BCUT2D eigenvalue weighted by Crippen LogP contribution is 2.19. The lowest BCUT2D eigenvalue weighted by Crippen LogP contribution is -2.53. The van der Waals surface area contributed by atoms with Crippen molar-refractivity contribution in [2.45, 2.75) is 32.9 Å². The van der Waals surface area contributed by atoms with Gasteiger partial charge in [-0.1, -0.05) is 6.07 Å². The SMILES string of the molecule is CC(C)(C)N1CCN(c2cccc(CN)n2)CC1. The van der Waals surface area contributed by atoms with Gasteiger partial charge in [0.15, 0.2) is 0 Å². The molecule has 1 fully saturated rings. The third-order valence-electron chi connectivity index (χ3n) is 3.55. The summed E-state index contributed by atoms with van der Waals surface area (Å²) in [5, 5.41) is 0. The fourth-order valence-corrected chi connectivity index (χ4v) is 2.36. The lowest BCUT2D eigenvalue weighted by molar-refractivity contribution is 0.128. The average molecular weight is 248 g/mol. The number of rotatable bonds is 2. The van der Waals surface area contributed by atoms with Crippen LogP contribution in [-0.2, 0) is 6.54 Å². The molecule has 100 valence electrons. The van der Waals surface area contributed by atoms with Crippen LogP contribution in [0, 0.1) is 0 Å². The predicted octanol–water partition coefficient (Wildman–Crippen LogP) is 1.46. The van der Waals surface area contributed by atoms with Gasteiger partial charge in [-0.15, -0.1) is 0 Å². The average Bonchev–Trinajstić information content (AvgIpc) is 2.38. The quantitative estimate of drug-likeness (QED) is 0.860. The number of aromatic nitrogens is 1. The van der Waals surface area contributed by atoms with Crippen LogP contribution < -0.4 is 10.6 Å². The number of hydrogen-bond acceptors (Lipinski definition) is 4.